The number of nitrogens with one attached hydrogen (secondary N) is 3. The molecule has 1 aromatic carbocycles. The maximum atomic E-state index is 12.7. The molecule has 0 unspecified atom stereocenters. The first-order valence-corrected chi connectivity index (χ1v) is 11.0. The molecule has 13 heteroatoms. The molecule has 1 fully saturated rings. The van der Waals surface area contributed by atoms with Crippen LogP contribution in [-0.4, -0.2) is 71.1 Å². The first-order valence-electron chi connectivity index (χ1n) is 11.0. The molecule has 0 saturated carbocycles. The molecule has 1 atom stereocenters. The van der Waals surface area contributed by atoms with Crippen LogP contribution in [0, 0.1) is 5.41 Å². The Labute approximate surface area is 204 Å². The molecule has 1 saturated heterocycles. The summed E-state index contributed by atoms with van der Waals surface area (Å²) in [6, 6.07) is 9.35. The van der Waals surface area contributed by atoms with E-state index in [0.29, 0.717) is 38.4 Å². The minimum Gasteiger partial charge on any atom is -0.485 e. The predicted octanol–water partition coefficient (Wildman–Crippen LogP) is 1.67. The highest BCUT2D eigenvalue weighted by Gasteiger charge is 2.43. The van der Waals surface area contributed by atoms with Crippen molar-refractivity contribution in [2.45, 2.75) is 25.6 Å². The second kappa shape index (κ2) is 11.2. The summed E-state index contributed by atoms with van der Waals surface area (Å²) in [6.07, 6.45) is 1.12. The lowest BCUT2D eigenvalue weighted by molar-refractivity contribution is -0.192. The van der Waals surface area contributed by atoms with Crippen LogP contribution in [0.15, 0.2) is 48.7 Å². The highest BCUT2D eigenvalue weighted by atomic mass is 19.4. The number of halogens is 3. The standard InChI is InChI=1S/C21H25N5O3.C2HF3O2/c1-15-11-23-19(27)18-17(12-26(25-18)16-7-3-2-4-8-16)29-10-6-5-9-21(13-22-14-21)20(28)24-15;3-2(4,5)1(6)7/h2-8,12,15,22H,9-11,13-14H2,1H3,(H,23,27)(H,24,28);(H,6,7)/b6-5+;/t15-;/m1./s1. The third kappa shape index (κ3) is 6.62. The van der Waals surface area contributed by atoms with Gasteiger partial charge in [-0.15, -0.1) is 0 Å². The quantitative estimate of drug-likeness (QED) is 0.430. The van der Waals surface area contributed by atoms with Crippen LogP contribution in [0.2, 0.25) is 0 Å². The fourth-order valence-electron chi connectivity index (χ4n) is 3.43. The monoisotopic (exact) mass is 509 g/mol. The maximum absolute atomic E-state index is 12.7. The Morgan fingerprint density at radius 3 is 2.44 bits per heavy atom. The Bertz CT molecular complexity index is 1110. The van der Waals surface area contributed by atoms with Crippen LogP contribution in [0.1, 0.15) is 23.8 Å². The molecule has 2 aliphatic rings. The van der Waals surface area contributed by atoms with Crippen LogP contribution < -0.4 is 20.7 Å². The minimum atomic E-state index is -5.08. The Kier molecular flexibility index (Phi) is 8.35. The number of hydrogen-bond acceptors (Lipinski definition) is 6. The van der Waals surface area contributed by atoms with Crippen molar-refractivity contribution >= 4 is 17.8 Å². The van der Waals surface area contributed by atoms with Gasteiger partial charge in [0.15, 0.2) is 11.4 Å². The first kappa shape index (κ1) is 26.7. The smallest absolute Gasteiger partial charge is 0.485 e. The zero-order valence-corrected chi connectivity index (χ0v) is 19.3. The van der Waals surface area contributed by atoms with E-state index in [1.165, 1.54) is 0 Å². The highest BCUT2D eigenvalue weighted by molar-refractivity contribution is 5.95. The number of aliphatic carboxylic acids is 1. The number of carboxylic acid groups (broad SMARTS) is 1. The van der Waals surface area contributed by atoms with Gasteiger partial charge in [0.25, 0.3) is 5.91 Å². The van der Waals surface area contributed by atoms with E-state index in [4.69, 9.17) is 14.6 Å². The molecule has 3 heterocycles. The van der Waals surface area contributed by atoms with Crippen LogP contribution in [0.3, 0.4) is 0 Å². The van der Waals surface area contributed by atoms with E-state index in [2.05, 4.69) is 21.0 Å². The van der Waals surface area contributed by atoms with Gasteiger partial charge in [-0.3, -0.25) is 9.59 Å². The molecule has 36 heavy (non-hydrogen) atoms. The molecule has 1 aromatic heterocycles. The summed E-state index contributed by atoms with van der Waals surface area (Å²) in [6.45, 7) is 3.78. The van der Waals surface area contributed by atoms with Crippen LogP contribution in [0.25, 0.3) is 5.69 Å². The summed E-state index contributed by atoms with van der Waals surface area (Å²) in [4.78, 5) is 34.3. The SMILES string of the molecule is C[C@@H]1CNC(=O)c2nn(-c3ccccc3)cc2OC/C=C/CC2(CNC2)C(=O)N1.O=C(O)C(F)(F)F. The summed E-state index contributed by atoms with van der Waals surface area (Å²) in [7, 11) is 0. The Balaban J connectivity index is 0.000000454. The van der Waals surface area contributed by atoms with E-state index in [0.717, 1.165) is 5.69 Å². The zero-order valence-electron chi connectivity index (χ0n) is 19.3. The van der Waals surface area contributed by atoms with Crippen LogP contribution >= 0.6 is 0 Å². The Hall–Kier alpha value is -3.87. The number of rotatable bonds is 1. The van der Waals surface area contributed by atoms with E-state index in [1.54, 1.807) is 10.9 Å². The molecule has 194 valence electrons. The highest BCUT2D eigenvalue weighted by Crippen LogP contribution is 2.28. The van der Waals surface area contributed by atoms with Gasteiger partial charge >= 0.3 is 12.1 Å². The van der Waals surface area contributed by atoms with Gasteiger partial charge in [-0.2, -0.15) is 18.3 Å². The normalized spacial score (nSPS) is 20.7. The molecule has 4 rings (SSSR count). The molecular formula is C23H26F3N5O5. The number of benzene rings is 1. The zero-order chi connectivity index (χ0) is 26.3. The van der Waals surface area contributed by atoms with Crippen molar-refractivity contribution in [3.63, 3.8) is 0 Å². The molecule has 0 radical (unpaired) electrons. The number of hydrogen-bond donors (Lipinski definition) is 4. The first-order chi connectivity index (χ1) is 17.0. The summed E-state index contributed by atoms with van der Waals surface area (Å²) in [5.41, 5.74) is 0.629. The summed E-state index contributed by atoms with van der Waals surface area (Å²) in [5, 5.41) is 20.6. The van der Waals surface area contributed by atoms with Gasteiger partial charge in [-0.1, -0.05) is 30.4 Å². The predicted molar refractivity (Wildman–Crippen MR) is 122 cm³/mol. The number of allylic oxidation sites excluding steroid dienone is 1. The lowest BCUT2D eigenvalue weighted by atomic mass is 9.77. The van der Waals surface area contributed by atoms with E-state index in [1.807, 2.05) is 49.4 Å². The fraction of sp³-hybridized carbons (Fsp3) is 0.391. The summed E-state index contributed by atoms with van der Waals surface area (Å²) < 4.78 is 39.2. The number of aromatic nitrogens is 2. The van der Waals surface area contributed by atoms with E-state index in [-0.39, 0.29) is 23.6 Å². The largest absolute Gasteiger partial charge is 0.490 e. The van der Waals surface area contributed by atoms with Gasteiger partial charge in [0, 0.05) is 25.7 Å². The molecule has 2 aliphatic heterocycles. The van der Waals surface area contributed by atoms with Gasteiger partial charge in [0.05, 0.1) is 17.3 Å². The van der Waals surface area contributed by atoms with E-state index >= 15 is 0 Å². The van der Waals surface area contributed by atoms with Gasteiger partial charge < -0.3 is 25.8 Å². The van der Waals surface area contributed by atoms with Gasteiger partial charge in [0.1, 0.15) is 6.61 Å². The number of ether oxygens (including phenoxy) is 1. The van der Waals surface area contributed by atoms with Crippen molar-refractivity contribution < 1.29 is 37.4 Å². The Morgan fingerprint density at radius 1 is 1.19 bits per heavy atom. The molecule has 0 aliphatic carbocycles. The lowest BCUT2D eigenvalue weighted by Crippen LogP contribution is -2.62. The van der Waals surface area contributed by atoms with Crippen molar-refractivity contribution in [1.29, 1.82) is 0 Å². The summed E-state index contributed by atoms with van der Waals surface area (Å²) in [5.74, 6) is -2.66. The maximum Gasteiger partial charge on any atom is 0.490 e. The molecule has 10 nitrogen and oxygen atoms in total. The topological polar surface area (TPSA) is 135 Å². The molecule has 2 aromatic rings. The minimum absolute atomic E-state index is 0.00895. The number of amides is 2. The fourth-order valence-corrected chi connectivity index (χ4v) is 3.43. The number of alkyl halides is 3. The number of para-hydroxylation sites is 1. The van der Waals surface area contributed by atoms with E-state index < -0.39 is 17.6 Å². The van der Waals surface area contributed by atoms with Gasteiger partial charge in [0.2, 0.25) is 5.91 Å². The van der Waals surface area contributed by atoms with Crippen LogP contribution in [-0.2, 0) is 9.59 Å². The second-order valence-corrected chi connectivity index (χ2v) is 8.38. The summed E-state index contributed by atoms with van der Waals surface area (Å²) >= 11 is 0. The van der Waals surface area contributed by atoms with Crippen molar-refractivity contribution in [2.75, 3.05) is 26.2 Å². The third-order valence-electron chi connectivity index (χ3n) is 5.52. The number of carbonyl (C=O) groups excluding carboxylic acids is 2. The van der Waals surface area contributed by atoms with Gasteiger partial charge in [-0.05, 0) is 25.5 Å². The number of nitrogens with zero attached hydrogens (tertiary/aromatic N) is 2. The van der Waals surface area contributed by atoms with Crippen molar-refractivity contribution in [3.8, 4) is 11.4 Å². The molecular weight excluding hydrogens is 483 g/mol. The average Bonchev–Trinajstić information content (AvgIpc) is 3.23. The Morgan fingerprint density at radius 2 is 1.86 bits per heavy atom. The van der Waals surface area contributed by atoms with E-state index in [9.17, 15) is 22.8 Å². The molecule has 4 N–H and O–H groups in total. The van der Waals surface area contributed by atoms with Gasteiger partial charge in [-0.25, -0.2) is 9.48 Å². The van der Waals surface area contributed by atoms with Crippen LogP contribution in [0.4, 0.5) is 13.2 Å². The molecule has 2 amide bonds. The van der Waals surface area contributed by atoms with Crippen molar-refractivity contribution in [2.24, 2.45) is 5.41 Å². The van der Waals surface area contributed by atoms with Crippen molar-refractivity contribution in [3.05, 3.63) is 54.4 Å². The van der Waals surface area contributed by atoms with Crippen molar-refractivity contribution in [1.82, 2.24) is 25.7 Å². The third-order valence-corrected chi connectivity index (χ3v) is 5.52. The van der Waals surface area contributed by atoms with Crippen LogP contribution in [0.5, 0.6) is 5.75 Å². The number of fused-ring (bicyclic) bond motifs is 1. The number of carbonyl (C=O) groups is 3. The molecule has 1 spiro atoms. The average molecular weight is 509 g/mol. The second-order valence-electron chi connectivity index (χ2n) is 8.38. The lowest BCUT2D eigenvalue weighted by Gasteiger charge is -2.41. The molecule has 0 bridgehead atoms. The number of carboxylic acids is 1.